The van der Waals surface area contributed by atoms with Crippen LogP contribution in [0.3, 0.4) is 0 Å². The molecule has 2 aromatic carbocycles. The Morgan fingerprint density at radius 3 is 2.74 bits per heavy atom. The number of nitrogens with one attached hydrogen (secondary N) is 2. The first-order chi connectivity index (χ1) is 15.0. The van der Waals surface area contributed by atoms with E-state index in [1.807, 2.05) is 18.2 Å². The van der Waals surface area contributed by atoms with Crippen molar-refractivity contribution in [2.45, 2.75) is 5.66 Å². The lowest BCUT2D eigenvalue weighted by atomic mass is 9.97. The fraction of sp³-hybridized carbons (Fsp3) is 0.286. The molecular weight excluding hydrogens is 441 g/mol. The zero-order valence-electron chi connectivity index (χ0n) is 16.5. The lowest BCUT2D eigenvalue weighted by Crippen LogP contribution is -2.55. The SMILES string of the molecule is NC1(c2c(Cl)ccc3c2OCO3)C=CN=C(Nc2ccc(N3CCOCC3)c(Cl)c2)N1. The van der Waals surface area contributed by atoms with Gasteiger partial charge in [0.2, 0.25) is 12.8 Å². The number of fused-ring (bicyclic) bond motifs is 1. The molecule has 4 N–H and O–H groups in total. The molecule has 3 aliphatic rings. The third kappa shape index (κ3) is 3.87. The van der Waals surface area contributed by atoms with Crippen LogP contribution in [0, 0.1) is 0 Å². The van der Waals surface area contributed by atoms with Gasteiger partial charge in [0.25, 0.3) is 0 Å². The van der Waals surface area contributed by atoms with Crippen LogP contribution in [-0.2, 0) is 10.4 Å². The van der Waals surface area contributed by atoms with Crippen molar-refractivity contribution < 1.29 is 14.2 Å². The highest BCUT2D eigenvalue weighted by Crippen LogP contribution is 2.44. The van der Waals surface area contributed by atoms with Crippen LogP contribution in [0.15, 0.2) is 47.6 Å². The average molecular weight is 462 g/mol. The molecule has 1 atom stereocenters. The molecule has 2 aromatic rings. The van der Waals surface area contributed by atoms with E-state index in [9.17, 15) is 0 Å². The molecule has 0 saturated carbocycles. The Labute approximate surface area is 189 Å². The van der Waals surface area contributed by atoms with E-state index in [-0.39, 0.29) is 6.79 Å². The zero-order chi connectivity index (χ0) is 21.4. The molecule has 0 radical (unpaired) electrons. The predicted octanol–water partition coefficient (Wildman–Crippen LogP) is 3.26. The summed E-state index contributed by atoms with van der Waals surface area (Å²) in [7, 11) is 0. The van der Waals surface area contributed by atoms with E-state index in [0.717, 1.165) is 24.5 Å². The third-order valence-electron chi connectivity index (χ3n) is 5.33. The first-order valence-corrected chi connectivity index (χ1v) is 10.6. The fourth-order valence-electron chi connectivity index (χ4n) is 3.82. The second kappa shape index (κ2) is 8.12. The molecule has 0 bridgehead atoms. The van der Waals surface area contributed by atoms with Crippen LogP contribution in [0.5, 0.6) is 11.5 Å². The summed E-state index contributed by atoms with van der Waals surface area (Å²) in [5, 5.41) is 7.54. The Balaban J connectivity index is 1.36. The van der Waals surface area contributed by atoms with Crippen molar-refractivity contribution in [3.05, 3.63) is 58.2 Å². The molecule has 0 amide bonds. The van der Waals surface area contributed by atoms with E-state index >= 15 is 0 Å². The zero-order valence-corrected chi connectivity index (χ0v) is 18.0. The van der Waals surface area contributed by atoms with Crippen molar-refractivity contribution in [3.8, 4) is 11.5 Å². The monoisotopic (exact) mass is 461 g/mol. The Morgan fingerprint density at radius 1 is 1.10 bits per heavy atom. The molecule has 5 rings (SSSR count). The standard InChI is InChI=1S/C21H21Cl2N5O3/c22-14-2-4-17-19(31-12-30-17)18(14)21(24)5-6-25-20(27-21)26-13-1-3-16(15(23)11-13)28-7-9-29-10-8-28/h1-6,11H,7-10,12,24H2,(H2,25,26,27). The van der Waals surface area contributed by atoms with Crippen molar-refractivity contribution in [1.82, 2.24) is 5.32 Å². The summed E-state index contributed by atoms with van der Waals surface area (Å²) in [5.74, 6) is 1.57. The lowest BCUT2D eigenvalue weighted by molar-refractivity contribution is 0.122. The first kappa shape index (κ1) is 20.3. The van der Waals surface area contributed by atoms with E-state index in [4.69, 9.17) is 43.1 Å². The van der Waals surface area contributed by atoms with Gasteiger partial charge < -0.3 is 35.5 Å². The highest BCUT2D eigenvalue weighted by Gasteiger charge is 2.36. The maximum Gasteiger partial charge on any atom is 0.231 e. The number of nitrogens with two attached hydrogens (primary N) is 1. The number of halogens is 2. The Bertz CT molecular complexity index is 1070. The van der Waals surface area contributed by atoms with Gasteiger partial charge in [0.05, 0.1) is 34.5 Å². The van der Waals surface area contributed by atoms with Crippen molar-refractivity contribution in [2.75, 3.05) is 43.3 Å². The third-order valence-corrected chi connectivity index (χ3v) is 5.95. The summed E-state index contributed by atoms with van der Waals surface area (Å²) in [6, 6.07) is 9.28. The molecular formula is C21H21Cl2N5O3. The van der Waals surface area contributed by atoms with Gasteiger partial charge in [-0.3, -0.25) is 0 Å². The molecule has 0 aromatic heterocycles. The summed E-state index contributed by atoms with van der Waals surface area (Å²) >= 11 is 13.0. The number of nitrogens with zero attached hydrogens (tertiary/aromatic N) is 2. The predicted molar refractivity (Wildman–Crippen MR) is 121 cm³/mol. The Hall–Kier alpha value is -2.65. The maximum absolute atomic E-state index is 6.67. The highest BCUT2D eigenvalue weighted by atomic mass is 35.5. The second-order valence-electron chi connectivity index (χ2n) is 7.33. The van der Waals surface area contributed by atoms with Gasteiger partial charge in [-0.2, -0.15) is 0 Å². The normalized spacial score (nSPS) is 22.2. The summed E-state index contributed by atoms with van der Waals surface area (Å²) in [5.41, 5.74) is 7.86. The van der Waals surface area contributed by atoms with E-state index < -0.39 is 5.66 Å². The maximum atomic E-state index is 6.67. The number of rotatable bonds is 3. The number of ether oxygens (including phenoxy) is 3. The van der Waals surface area contributed by atoms with Gasteiger partial charge in [0, 0.05) is 25.0 Å². The minimum atomic E-state index is -1.14. The molecule has 1 unspecified atom stereocenters. The number of guanidine groups is 1. The minimum Gasteiger partial charge on any atom is -0.454 e. The van der Waals surface area contributed by atoms with Gasteiger partial charge in [0.15, 0.2) is 11.5 Å². The van der Waals surface area contributed by atoms with Crippen molar-refractivity contribution in [2.24, 2.45) is 10.7 Å². The summed E-state index contributed by atoms with van der Waals surface area (Å²) in [6.07, 6.45) is 3.34. The van der Waals surface area contributed by atoms with E-state index in [1.165, 1.54) is 0 Å². The number of benzene rings is 2. The molecule has 3 heterocycles. The molecule has 0 aliphatic carbocycles. The average Bonchev–Trinajstić information content (AvgIpc) is 3.23. The molecule has 3 aliphatic heterocycles. The van der Waals surface area contributed by atoms with Crippen LogP contribution in [-0.4, -0.2) is 39.1 Å². The van der Waals surface area contributed by atoms with Gasteiger partial charge >= 0.3 is 0 Å². The molecule has 10 heteroatoms. The smallest absolute Gasteiger partial charge is 0.231 e. The van der Waals surface area contributed by atoms with Crippen LogP contribution in [0.2, 0.25) is 10.0 Å². The van der Waals surface area contributed by atoms with Gasteiger partial charge in [-0.15, -0.1) is 0 Å². The Kier molecular flexibility index (Phi) is 5.31. The van der Waals surface area contributed by atoms with E-state index in [2.05, 4.69) is 20.5 Å². The number of hydrogen-bond acceptors (Lipinski definition) is 8. The van der Waals surface area contributed by atoms with Gasteiger partial charge in [-0.05, 0) is 36.4 Å². The van der Waals surface area contributed by atoms with Crippen LogP contribution in [0.4, 0.5) is 11.4 Å². The minimum absolute atomic E-state index is 0.121. The molecule has 31 heavy (non-hydrogen) atoms. The molecule has 0 spiro atoms. The van der Waals surface area contributed by atoms with E-state index in [0.29, 0.717) is 46.3 Å². The van der Waals surface area contributed by atoms with Crippen molar-refractivity contribution in [1.29, 1.82) is 0 Å². The molecule has 1 fully saturated rings. The van der Waals surface area contributed by atoms with E-state index in [1.54, 1.807) is 24.4 Å². The van der Waals surface area contributed by atoms with Gasteiger partial charge in [-0.25, -0.2) is 4.99 Å². The molecule has 1 saturated heterocycles. The van der Waals surface area contributed by atoms with Crippen LogP contribution in [0.25, 0.3) is 0 Å². The number of hydrogen-bond donors (Lipinski definition) is 3. The quantitative estimate of drug-likeness (QED) is 0.645. The summed E-state index contributed by atoms with van der Waals surface area (Å²) in [4.78, 5) is 6.57. The van der Waals surface area contributed by atoms with Gasteiger partial charge in [0.1, 0.15) is 5.66 Å². The number of morpholine rings is 1. The number of anilines is 2. The fourth-order valence-corrected chi connectivity index (χ4v) is 4.43. The summed E-state index contributed by atoms with van der Waals surface area (Å²) in [6.45, 7) is 3.14. The van der Waals surface area contributed by atoms with Gasteiger partial charge in [-0.1, -0.05) is 23.2 Å². The van der Waals surface area contributed by atoms with Crippen LogP contribution in [0.1, 0.15) is 5.56 Å². The molecule has 8 nitrogen and oxygen atoms in total. The number of aliphatic imine (C=N–C) groups is 1. The topological polar surface area (TPSA) is 93.4 Å². The van der Waals surface area contributed by atoms with Crippen molar-refractivity contribution in [3.63, 3.8) is 0 Å². The molecule has 162 valence electrons. The Morgan fingerprint density at radius 2 is 1.94 bits per heavy atom. The highest BCUT2D eigenvalue weighted by molar-refractivity contribution is 6.33. The largest absolute Gasteiger partial charge is 0.454 e. The lowest BCUT2D eigenvalue weighted by Gasteiger charge is -2.33. The van der Waals surface area contributed by atoms with Crippen LogP contribution >= 0.6 is 23.2 Å². The first-order valence-electron chi connectivity index (χ1n) is 9.84. The van der Waals surface area contributed by atoms with Crippen LogP contribution < -0.4 is 30.7 Å². The van der Waals surface area contributed by atoms with Crippen molar-refractivity contribution >= 4 is 40.5 Å². The second-order valence-corrected chi connectivity index (χ2v) is 8.15. The summed E-state index contributed by atoms with van der Waals surface area (Å²) < 4.78 is 16.5.